The van der Waals surface area contributed by atoms with Gasteiger partial charge in [0.1, 0.15) is 0 Å². The van der Waals surface area contributed by atoms with Crippen molar-refractivity contribution < 1.29 is 18.3 Å². The van der Waals surface area contributed by atoms with Gasteiger partial charge in [-0.2, -0.15) is 0 Å². The van der Waals surface area contributed by atoms with Crippen LogP contribution in [0, 0.1) is 5.92 Å². The third kappa shape index (κ3) is 3.10. The number of carbonyl (C=O) groups is 1. The summed E-state index contributed by atoms with van der Waals surface area (Å²) in [6, 6.07) is 2.28. The second-order valence-electron chi connectivity index (χ2n) is 4.51. The molecule has 8 heteroatoms. The van der Waals surface area contributed by atoms with Crippen molar-refractivity contribution in [2.75, 3.05) is 0 Å². The number of hydrogen-bond donors (Lipinski definition) is 2. The van der Waals surface area contributed by atoms with E-state index in [4.69, 9.17) is 16.7 Å². The van der Waals surface area contributed by atoms with E-state index in [2.05, 4.69) is 20.7 Å². The Morgan fingerprint density at radius 2 is 2.11 bits per heavy atom. The molecule has 104 valence electrons. The zero-order valence-electron chi connectivity index (χ0n) is 9.85. The van der Waals surface area contributed by atoms with Gasteiger partial charge in [-0.25, -0.2) is 17.9 Å². The normalized spacial score (nSPS) is 22.3. The molecule has 0 saturated heterocycles. The van der Waals surface area contributed by atoms with Crippen molar-refractivity contribution in [2.45, 2.75) is 24.3 Å². The maximum absolute atomic E-state index is 12.1. The highest BCUT2D eigenvalue weighted by Gasteiger charge is 2.36. The molecule has 0 bridgehead atoms. The molecular weight excluding hydrogens is 358 g/mol. The average molecular weight is 369 g/mol. The van der Waals surface area contributed by atoms with Crippen LogP contribution in [0.15, 0.2) is 21.5 Å². The third-order valence-corrected chi connectivity index (χ3v) is 5.69. The summed E-state index contributed by atoms with van der Waals surface area (Å²) in [6.45, 7) is 1.94. The van der Waals surface area contributed by atoms with E-state index < -0.39 is 16.0 Å². The van der Waals surface area contributed by atoms with E-state index in [0.717, 1.165) is 12.5 Å². The Bertz CT molecular complexity index is 646. The molecule has 1 saturated carbocycles. The topological polar surface area (TPSA) is 83.5 Å². The predicted octanol–water partition coefficient (Wildman–Crippen LogP) is 2.49. The summed E-state index contributed by atoms with van der Waals surface area (Å²) in [5.74, 6) is -0.966. The molecule has 2 atom stereocenters. The largest absolute Gasteiger partial charge is 0.478 e. The van der Waals surface area contributed by atoms with E-state index in [0.29, 0.717) is 5.92 Å². The minimum atomic E-state index is -3.73. The van der Waals surface area contributed by atoms with Crippen LogP contribution in [-0.4, -0.2) is 25.5 Å². The lowest BCUT2D eigenvalue weighted by Crippen LogP contribution is -2.27. The molecule has 0 radical (unpaired) electrons. The van der Waals surface area contributed by atoms with E-state index in [-0.39, 0.29) is 26.0 Å². The fourth-order valence-corrected chi connectivity index (χ4v) is 3.84. The number of sulfonamides is 1. The average Bonchev–Trinajstić information content (AvgIpc) is 2.96. The molecule has 0 aromatic heterocycles. The number of carboxylic acid groups (broad SMARTS) is 1. The molecule has 2 N–H and O–H groups in total. The smallest absolute Gasteiger partial charge is 0.337 e. The van der Waals surface area contributed by atoms with Gasteiger partial charge in [0.25, 0.3) is 0 Å². The SMILES string of the molecule is CC1CC1NS(=O)(=O)c1cc(Br)c(Cl)c(C(=O)O)c1. The Morgan fingerprint density at radius 3 is 2.58 bits per heavy atom. The molecule has 1 aliphatic carbocycles. The lowest BCUT2D eigenvalue weighted by molar-refractivity contribution is 0.0696. The molecular formula is C11H11BrClNO4S. The van der Waals surface area contributed by atoms with Gasteiger partial charge in [0, 0.05) is 10.5 Å². The van der Waals surface area contributed by atoms with Crippen molar-refractivity contribution in [2.24, 2.45) is 5.92 Å². The first kappa shape index (κ1) is 14.8. The minimum Gasteiger partial charge on any atom is -0.478 e. The summed E-state index contributed by atoms with van der Waals surface area (Å²) in [6.07, 6.45) is 0.791. The van der Waals surface area contributed by atoms with Crippen molar-refractivity contribution in [3.05, 3.63) is 27.2 Å². The Hall–Kier alpha value is -0.630. The van der Waals surface area contributed by atoms with Crippen molar-refractivity contribution >= 4 is 43.5 Å². The fourth-order valence-electron chi connectivity index (χ4n) is 1.63. The Morgan fingerprint density at radius 1 is 1.53 bits per heavy atom. The first-order valence-electron chi connectivity index (χ1n) is 5.47. The second kappa shape index (κ2) is 5.05. The van der Waals surface area contributed by atoms with Gasteiger partial charge in [0.2, 0.25) is 10.0 Å². The van der Waals surface area contributed by atoms with Crippen LogP contribution in [0.25, 0.3) is 0 Å². The lowest BCUT2D eigenvalue weighted by atomic mass is 10.2. The fraction of sp³-hybridized carbons (Fsp3) is 0.364. The molecule has 1 aliphatic rings. The summed E-state index contributed by atoms with van der Waals surface area (Å²) < 4.78 is 27.0. The Labute approximate surface area is 124 Å². The van der Waals surface area contributed by atoms with Crippen LogP contribution >= 0.6 is 27.5 Å². The van der Waals surface area contributed by atoms with Crippen LogP contribution < -0.4 is 4.72 Å². The zero-order valence-corrected chi connectivity index (χ0v) is 13.0. The highest BCUT2D eigenvalue weighted by atomic mass is 79.9. The molecule has 0 amide bonds. The molecule has 0 aliphatic heterocycles. The van der Waals surface area contributed by atoms with Crippen LogP contribution in [0.1, 0.15) is 23.7 Å². The molecule has 1 aromatic rings. The van der Waals surface area contributed by atoms with Crippen LogP contribution in [0.3, 0.4) is 0 Å². The van der Waals surface area contributed by atoms with Gasteiger partial charge in [-0.3, -0.25) is 0 Å². The maximum atomic E-state index is 12.1. The van der Waals surface area contributed by atoms with Gasteiger partial charge >= 0.3 is 5.97 Å². The minimum absolute atomic E-state index is 0.0220. The first-order chi connectivity index (χ1) is 8.72. The summed E-state index contributed by atoms with van der Waals surface area (Å²) >= 11 is 8.87. The van der Waals surface area contributed by atoms with Gasteiger partial charge in [-0.15, -0.1) is 0 Å². The molecule has 2 unspecified atom stereocenters. The van der Waals surface area contributed by atoms with Gasteiger partial charge in [-0.05, 0) is 40.4 Å². The van der Waals surface area contributed by atoms with Gasteiger partial charge in [0.15, 0.2) is 0 Å². The Kier molecular flexibility index (Phi) is 3.92. The second-order valence-corrected chi connectivity index (χ2v) is 7.46. The van der Waals surface area contributed by atoms with Crippen molar-refractivity contribution in [3.8, 4) is 0 Å². The van der Waals surface area contributed by atoms with E-state index in [1.807, 2.05) is 6.92 Å². The van der Waals surface area contributed by atoms with Crippen LogP contribution in [-0.2, 0) is 10.0 Å². The Balaban J connectivity index is 2.42. The van der Waals surface area contributed by atoms with Gasteiger partial charge < -0.3 is 5.11 Å². The lowest BCUT2D eigenvalue weighted by Gasteiger charge is -2.09. The third-order valence-electron chi connectivity index (χ3n) is 2.96. The summed E-state index contributed by atoms with van der Waals surface area (Å²) in [7, 11) is -3.73. The monoisotopic (exact) mass is 367 g/mol. The van der Waals surface area contributed by atoms with E-state index in [1.165, 1.54) is 6.07 Å². The molecule has 2 rings (SSSR count). The highest BCUT2D eigenvalue weighted by molar-refractivity contribution is 9.10. The number of hydrogen-bond acceptors (Lipinski definition) is 3. The molecule has 0 spiro atoms. The van der Waals surface area contributed by atoms with Crippen LogP contribution in [0.4, 0.5) is 0 Å². The van der Waals surface area contributed by atoms with E-state index in [1.54, 1.807) is 0 Å². The van der Waals surface area contributed by atoms with E-state index >= 15 is 0 Å². The van der Waals surface area contributed by atoms with Gasteiger partial charge in [0.05, 0.1) is 15.5 Å². The number of rotatable bonds is 4. The highest BCUT2D eigenvalue weighted by Crippen LogP contribution is 2.33. The molecule has 1 aromatic carbocycles. The predicted molar refractivity (Wildman–Crippen MR) is 74.0 cm³/mol. The van der Waals surface area contributed by atoms with Crippen molar-refractivity contribution in [1.82, 2.24) is 4.72 Å². The van der Waals surface area contributed by atoms with Crippen molar-refractivity contribution in [1.29, 1.82) is 0 Å². The molecule has 5 nitrogen and oxygen atoms in total. The standard InChI is InChI=1S/C11H11BrClNO4S/c1-5-2-9(5)14-19(17,18)6-3-7(11(15)16)10(13)8(12)4-6/h3-5,9,14H,2H2,1H3,(H,15,16). The summed E-state index contributed by atoms with van der Waals surface area (Å²) in [4.78, 5) is 10.9. The van der Waals surface area contributed by atoms with Crippen LogP contribution in [0.5, 0.6) is 0 Å². The summed E-state index contributed by atoms with van der Waals surface area (Å²) in [5, 5.41) is 8.97. The van der Waals surface area contributed by atoms with Crippen LogP contribution in [0.2, 0.25) is 5.02 Å². The van der Waals surface area contributed by atoms with Gasteiger partial charge in [-0.1, -0.05) is 18.5 Å². The first-order valence-corrected chi connectivity index (χ1v) is 8.12. The maximum Gasteiger partial charge on any atom is 0.337 e. The zero-order chi connectivity index (χ0) is 14.4. The number of benzene rings is 1. The molecule has 1 fully saturated rings. The quantitative estimate of drug-likeness (QED) is 0.855. The van der Waals surface area contributed by atoms with E-state index in [9.17, 15) is 13.2 Å². The van der Waals surface area contributed by atoms with Crippen molar-refractivity contribution in [3.63, 3.8) is 0 Å². The number of aromatic carboxylic acids is 1. The molecule has 0 heterocycles. The summed E-state index contributed by atoms with van der Waals surface area (Å²) in [5.41, 5.74) is -0.250. The number of carboxylic acids is 1. The molecule has 19 heavy (non-hydrogen) atoms. The number of halogens is 2. The number of nitrogens with one attached hydrogen (secondary N) is 1.